The Morgan fingerprint density at radius 3 is 2.72 bits per heavy atom. The molecule has 0 N–H and O–H groups in total. The lowest BCUT2D eigenvalue weighted by Crippen LogP contribution is -2.51. The summed E-state index contributed by atoms with van der Waals surface area (Å²) in [5.74, 6) is 1.35. The third-order valence-corrected chi connectivity index (χ3v) is 4.91. The van der Waals surface area contributed by atoms with Gasteiger partial charge in [0.05, 0.1) is 6.61 Å². The molecule has 0 aromatic rings. The number of nitriles is 1. The van der Waals surface area contributed by atoms with Gasteiger partial charge in [-0.25, -0.2) is 4.79 Å². The molecule has 3 saturated carbocycles. The summed E-state index contributed by atoms with van der Waals surface area (Å²) in [5, 5.41) is 9.06. The zero-order valence-electron chi connectivity index (χ0n) is 11.4. The summed E-state index contributed by atoms with van der Waals surface area (Å²) < 4.78 is 4.91. The largest absolute Gasteiger partial charge is 0.462 e. The number of rotatable bonds is 3. The van der Waals surface area contributed by atoms with Crippen molar-refractivity contribution in [2.75, 3.05) is 6.61 Å². The van der Waals surface area contributed by atoms with Gasteiger partial charge in [0, 0.05) is 0 Å². The number of carbonyl (C=O) groups is 1. The summed E-state index contributed by atoms with van der Waals surface area (Å²) >= 11 is 0. The molecule has 3 heteroatoms. The van der Waals surface area contributed by atoms with Gasteiger partial charge in [-0.2, -0.15) is 5.26 Å². The predicted molar refractivity (Wildman–Crippen MR) is 68.4 cm³/mol. The molecule has 3 aliphatic carbocycles. The summed E-state index contributed by atoms with van der Waals surface area (Å²) in [6.07, 6.45) is 5.42. The minimum atomic E-state index is -0.473. The fourth-order valence-corrected chi connectivity index (χ4v) is 3.64. The lowest BCUT2D eigenvalue weighted by Gasteiger charge is -2.59. The van der Waals surface area contributed by atoms with Crippen LogP contribution in [0.1, 0.15) is 40.0 Å². The van der Waals surface area contributed by atoms with Crippen LogP contribution in [0.15, 0.2) is 11.6 Å². The number of hydrogen-bond donors (Lipinski definition) is 0. The first kappa shape index (κ1) is 13.1. The van der Waals surface area contributed by atoms with Gasteiger partial charge in [0.25, 0.3) is 0 Å². The van der Waals surface area contributed by atoms with Gasteiger partial charge in [0.2, 0.25) is 0 Å². The topological polar surface area (TPSA) is 50.1 Å². The molecule has 3 aliphatic rings. The van der Waals surface area contributed by atoms with Crippen molar-refractivity contribution in [1.82, 2.24) is 0 Å². The van der Waals surface area contributed by atoms with Crippen molar-refractivity contribution in [3.05, 3.63) is 11.6 Å². The van der Waals surface area contributed by atoms with E-state index < -0.39 is 5.97 Å². The highest BCUT2D eigenvalue weighted by Gasteiger charge is 2.53. The van der Waals surface area contributed by atoms with Crippen LogP contribution in [0, 0.1) is 34.5 Å². The molecule has 3 atom stereocenters. The average Bonchev–Trinajstić information content (AvgIpc) is 2.36. The molecular formula is C15H21NO2. The Morgan fingerprint density at radius 2 is 2.22 bits per heavy atom. The minimum absolute atomic E-state index is 0.183. The van der Waals surface area contributed by atoms with Gasteiger partial charge in [-0.05, 0) is 49.4 Å². The van der Waals surface area contributed by atoms with E-state index in [2.05, 4.69) is 13.8 Å². The molecule has 98 valence electrons. The first-order chi connectivity index (χ1) is 8.50. The minimum Gasteiger partial charge on any atom is -0.462 e. The zero-order valence-corrected chi connectivity index (χ0v) is 11.4. The third-order valence-electron chi connectivity index (χ3n) is 4.91. The summed E-state index contributed by atoms with van der Waals surface area (Å²) in [5.41, 5.74) is 0.553. The zero-order chi connectivity index (χ0) is 13.3. The molecular weight excluding hydrogens is 226 g/mol. The maximum absolute atomic E-state index is 11.6. The monoisotopic (exact) mass is 247 g/mol. The maximum atomic E-state index is 11.6. The van der Waals surface area contributed by atoms with E-state index in [0.29, 0.717) is 23.9 Å². The fraction of sp³-hybridized carbons (Fsp3) is 0.733. The number of allylic oxidation sites excluding steroid dienone is 1. The number of hydrogen-bond acceptors (Lipinski definition) is 3. The van der Waals surface area contributed by atoms with Crippen molar-refractivity contribution >= 4 is 5.97 Å². The summed E-state index contributed by atoms with van der Waals surface area (Å²) in [6.45, 7) is 6.69. The number of esters is 1. The summed E-state index contributed by atoms with van der Waals surface area (Å²) in [6, 6.07) is 1.99. The Balaban J connectivity index is 2.12. The summed E-state index contributed by atoms with van der Waals surface area (Å²) in [4.78, 5) is 11.6. The Kier molecular flexibility index (Phi) is 3.47. The highest BCUT2D eigenvalue weighted by Crippen LogP contribution is 2.61. The smallest absolute Gasteiger partial charge is 0.348 e. The lowest BCUT2D eigenvalue weighted by atomic mass is 9.45. The molecule has 0 spiro atoms. The highest BCUT2D eigenvalue weighted by atomic mass is 16.5. The Morgan fingerprint density at radius 1 is 1.50 bits per heavy atom. The van der Waals surface area contributed by atoms with Gasteiger partial charge in [-0.3, -0.25) is 0 Å². The SMILES string of the molecule is CCOC(=O)/C(C#N)=C\C1CCC2CC1C2(C)C. The van der Waals surface area contributed by atoms with E-state index in [-0.39, 0.29) is 5.57 Å². The maximum Gasteiger partial charge on any atom is 0.348 e. The van der Waals surface area contributed by atoms with Crippen molar-refractivity contribution in [3.8, 4) is 6.07 Å². The van der Waals surface area contributed by atoms with E-state index in [4.69, 9.17) is 10.00 Å². The molecule has 0 heterocycles. The van der Waals surface area contributed by atoms with Gasteiger partial charge >= 0.3 is 5.97 Å². The van der Waals surface area contributed by atoms with Gasteiger partial charge in [-0.15, -0.1) is 0 Å². The van der Waals surface area contributed by atoms with E-state index in [9.17, 15) is 4.79 Å². The molecule has 3 unspecified atom stereocenters. The fourth-order valence-electron chi connectivity index (χ4n) is 3.64. The third kappa shape index (κ3) is 2.05. The predicted octanol–water partition coefficient (Wildman–Crippen LogP) is 3.07. The molecule has 0 radical (unpaired) electrons. The molecule has 0 saturated heterocycles. The van der Waals surface area contributed by atoms with Crippen LogP contribution in [0.25, 0.3) is 0 Å². The first-order valence-corrected chi connectivity index (χ1v) is 6.79. The van der Waals surface area contributed by atoms with E-state index in [1.54, 1.807) is 6.92 Å². The number of fused-ring (bicyclic) bond motifs is 2. The van der Waals surface area contributed by atoms with Crippen molar-refractivity contribution in [2.24, 2.45) is 23.2 Å². The lowest BCUT2D eigenvalue weighted by molar-refractivity contribution is -0.138. The number of carbonyl (C=O) groups excluding carboxylic acids is 1. The van der Waals surface area contributed by atoms with Crippen LogP contribution in [-0.2, 0) is 9.53 Å². The Labute approximate surface area is 109 Å². The quantitative estimate of drug-likeness (QED) is 0.437. The van der Waals surface area contributed by atoms with Gasteiger partial charge in [-0.1, -0.05) is 19.9 Å². The van der Waals surface area contributed by atoms with Crippen molar-refractivity contribution in [1.29, 1.82) is 5.26 Å². The van der Waals surface area contributed by atoms with Gasteiger partial charge in [0.1, 0.15) is 11.6 Å². The molecule has 0 aliphatic heterocycles. The van der Waals surface area contributed by atoms with E-state index >= 15 is 0 Å². The second kappa shape index (κ2) is 4.76. The van der Waals surface area contributed by atoms with Gasteiger partial charge in [0.15, 0.2) is 0 Å². The van der Waals surface area contributed by atoms with E-state index in [1.807, 2.05) is 12.1 Å². The van der Waals surface area contributed by atoms with Crippen LogP contribution in [0.2, 0.25) is 0 Å². The molecule has 18 heavy (non-hydrogen) atoms. The first-order valence-electron chi connectivity index (χ1n) is 6.79. The van der Waals surface area contributed by atoms with Crippen LogP contribution >= 0.6 is 0 Å². The van der Waals surface area contributed by atoms with Crippen molar-refractivity contribution in [3.63, 3.8) is 0 Å². The van der Waals surface area contributed by atoms with Crippen LogP contribution in [-0.4, -0.2) is 12.6 Å². The molecule has 0 aromatic heterocycles. The second-order valence-electron chi connectivity index (χ2n) is 6.01. The normalized spacial score (nSPS) is 33.2. The molecule has 2 bridgehead atoms. The van der Waals surface area contributed by atoms with Crippen LogP contribution in [0.5, 0.6) is 0 Å². The Hall–Kier alpha value is -1.30. The van der Waals surface area contributed by atoms with E-state index in [1.165, 1.54) is 12.8 Å². The molecule has 3 fully saturated rings. The highest BCUT2D eigenvalue weighted by molar-refractivity contribution is 5.92. The second-order valence-corrected chi connectivity index (χ2v) is 6.01. The average molecular weight is 247 g/mol. The van der Waals surface area contributed by atoms with Crippen molar-refractivity contribution in [2.45, 2.75) is 40.0 Å². The molecule has 3 nitrogen and oxygen atoms in total. The van der Waals surface area contributed by atoms with Crippen LogP contribution in [0.4, 0.5) is 0 Å². The van der Waals surface area contributed by atoms with Crippen molar-refractivity contribution < 1.29 is 9.53 Å². The number of ether oxygens (including phenoxy) is 1. The van der Waals surface area contributed by atoms with Crippen LogP contribution < -0.4 is 0 Å². The van der Waals surface area contributed by atoms with Crippen LogP contribution in [0.3, 0.4) is 0 Å². The summed E-state index contributed by atoms with van der Waals surface area (Å²) in [7, 11) is 0. The Bertz CT molecular complexity index is 415. The number of nitrogens with zero attached hydrogens (tertiary/aromatic N) is 1. The molecule has 0 amide bonds. The molecule has 0 aromatic carbocycles. The van der Waals surface area contributed by atoms with E-state index in [0.717, 1.165) is 12.3 Å². The standard InChI is InChI=1S/C15H21NO2/c1-4-18-14(17)11(9-16)7-10-5-6-12-8-13(10)15(12,2)3/h7,10,12-13H,4-6,8H2,1-3H3/b11-7-. The molecule has 3 rings (SSSR count). The van der Waals surface area contributed by atoms with Gasteiger partial charge < -0.3 is 4.74 Å².